The molecule has 0 aliphatic heterocycles. The zero-order chi connectivity index (χ0) is 16.8. The standard InChI is InChI=1S/C16H17ClN4O2/c1-4-7-18-16-19-10(2)8-13(21-16)15(22)20-12-9-11(17)5-6-14(12)23-3/h4-6,8-9H,1,7H2,2-3H3,(H,20,22)(H,18,19,21). The van der Waals surface area contributed by atoms with Crippen molar-refractivity contribution in [2.45, 2.75) is 6.92 Å². The van der Waals surface area contributed by atoms with E-state index in [9.17, 15) is 4.79 Å². The van der Waals surface area contributed by atoms with Crippen molar-refractivity contribution in [2.75, 3.05) is 24.3 Å². The van der Waals surface area contributed by atoms with Gasteiger partial charge in [0.1, 0.15) is 11.4 Å². The van der Waals surface area contributed by atoms with Gasteiger partial charge in [-0.15, -0.1) is 6.58 Å². The number of benzene rings is 1. The van der Waals surface area contributed by atoms with E-state index >= 15 is 0 Å². The molecule has 0 unspecified atom stereocenters. The Hall–Kier alpha value is -2.60. The first-order valence-corrected chi connectivity index (χ1v) is 7.26. The number of hydrogen-bond donors (Lipinski definition) is 2. The lowest BCUT2D eigenvalue weighted by Crippen LogP contribution is -2.16. The van der Waals surface area contributed by atoms with Gasteiger partial charge < -0.3 is 15.4 Å². The van der Waals surface area contributed by atoms with E-state index < -0.39 is 0 Å². The second kappa shape index (κ2) is 7.60. The molecule has 7 heteroatoms. The summed E-state index contributed by atoms with van der Waals surface area (Å²) in [4.78, 5) is 20.8. The van der Waals surface area contributed by atoms with Gasteiger partial charge in [-0.2, -0.15) is 0 Å². The fraction of sp³-hybridized carbons (Fsp3) is 0.188. The van der Waals surface area contributed by atoms with Crippen molar-refractivity contribution in [1.29, 1.82) is 0 Å². The third-order valence-corrected chi connectivity index (χ3v) is 3.14. The van der Waals surface area contributed by atoms with Gasteiger partial charge in [0, 0.05) is 17.3 Å². The minimum Gasteiger partial charge on any atom is -0.495 e. The summed E-state index contributed by atoms with van der Waals surface area (Å²) in [7, 11) is 1.52. The molecule has 23 heavy (non-hydrogen) atoms. The Morgan fingerprint density at radius 2 is 2.17 bits per heavy atom. The van der Waals surface area contributed by atoms with E-state index in [1.807, 2.05) is 0 Å². The van der Waals surface area contributed by atoms with Gasteiger partial charge in [-0.25, -0.2) is 9.97 Å². The monoisotopic (exact) mass is 332 g/mol. The van der Waals surface area contributed by atoms with Crippen LogP contribution in [0.5, 0.6) is 5.75 Å². The molecule has 0 radical (unpaired) electrons. The SMILES string of the molecule is C=CCNc1nc(C)cc(C(=O)Nc2cc(Cl)ccc2OC)n1. The second-order valence-corrected chi connectivity index (χ2v) is 5.12. The first kappa shape index (κ1) is 16.8. The van der Waals surface area contributed by atoms with Crippen LogP contribution >= 0.6 is 11.6 Å². The first-order chi connectivity index (χ1) is 11.0. The number of carbonyl (C=O) groups excluding carboxylic acids is 1. The summed E-state index contributed by atoms with van der Waals surface area (Å²) in [5.74, 6) is 0.504. The molecule has 0 fully saturated rings. The van der Waals surface area contributed by atoms with Crippen LogP contribution < -0.4 is 15.4 Å². The third kappa shape index (κ3) is 4.43. The van der Waals surface area contributed by atoms with Crippen LogP contribution in [0, 0.1) is 6.92 Å². The summed E-state index contributed by atoms with van der Waals surface area (Å²) in [5.41, 5.74) is 1.39. The topological polar surface area (TPSA) is 76.1 Å². The van der Waals surface area contributed by atoms with Crippen molar-refractivity contribution in [3.63, 3.8) is 0 Å². The predicted molar refractivity (Wildman–Crippen MR) is 91.4 cm³/mol. The van der Waals surface area contributed by atoms with E-state index in [0.29, 0.717) is 34.6 Å². The zero-order valence-corrected chi connectivity index (χ0v) is 13.6. The zero-order valence-electron chi connectivity index (χ0n) is 12.9. The van der Waals surface area contributed by atoms with Gasteiger partial charge in [-0.3, -0.25) is 4.79 Å². The highest BCUT2D eigenvalue weighted by Crippen LogP contribution is 2.28. The smallest absolute Gasteiger partial charge is 0.274 e. The number of aromatic nitrogens is 2. The molecule has 0 bridgehead atoms. The summed E-state index contributed by atoms with van der Waals surface area (Å²) in [5, 5.41) is 6.20. The lowest BCUT2D eigenvalue weighted by molar-refractivity contribution is 0.102. The molecule has 2 aromatic rings. The summed E-state index contributed by atoms with van der Waals surface area (Å²) >= 11 is 5.96. The minimum absolute atomic E-state index is 0.242. The number of ether oxygens (including phenoxy) is 1. The van der Waals surface area contributed by atoms with E-state index in [1.165, 1.54) is 7.11 Å². The number of aryl methyl sites for hydroxylation is 1. The molecule has 0 spiro atoms. The highest BCUT2D eigenvalue weighted by atomic mass is 35.5. The van der Waals surface area contributed by atoms with Crippen LogP contribution in [0.4, 0.5) is 11.6 Å². The van der Waals surface area contributed by atoms with Gasteiger partial charge in [0.2, 0.25) is 5.95 Å². The van der Waals surface area contributed by atoms with Gasteiger partial charge in [0.15, 0.2) is 0 Å². The van der Waals surface area contributed by atoms with Crippen molar-refractivity contribution in [1.82, 2.24) is 9.97 Å². The molecule has 0 atom stereocenters. The molecule has 1 amide bonds. The van der Waals surface area contributed by atoms with Crippen LogP contribution in [0.2, 0.25) is 5.02 Å². The van der Waals surface area contributed by atoms with Crippen LogP contribution in [0.3, 0.4) is 0 Å². The van der Waals surface area contributed by atoms with Gasteiger partial charge in [0.05, 0.1) is 12.8 Å². The molecule has 2 rings (SSSR count). The Morgan fingerprint density at radius 1 is 1.39 bits per heavy atom. The molecule has 0 saturated heterocycles. The number of hydrogen-bond acceptors (Lipinski definition) is 5. The van der Waals surface area contributed by atoms with Crippen molar-refractivity contribution < 1.29 is 9.53 Å². The number of nitrogens with zero attached hydrogens (tertiary/aromatic N) is 2. The van der Waals surface area contributed by atoms with E-state index in [2.05, 4.69) is 27.2 Å². The fourth-order valence-electron chi connectivity index (χ4n) is 1.89. The minimum atomic E-state index is -0.377. The average molecular weight is 333 g/mol. The summed E-state index contributed by atoms with van der Waals surface area (Å²) in [6.07, 6.45) is 1.68. The molecule has 0 aliphatic carbocycles. The van der Waals surface area contributed by atoms with Gasteiger partial charge in [-0.05, 0) is 31.2 Å². The quantitative estimate of drug-likeness (QED) is 0.794. The van der Waals surface area contributed by atoms with E-state index in [4.69, 9.17) is 16.3 Å². The molecule has 120 valence electrons. The first-order valence-electron chi connectivity index (χ1n) is 6.89. The van der Waals surface area contributed by atoms with E-state index in [1.54, 1.807) is 37.3 Å². The van der Waals surface area contributed by atoms with Gasteiger partial charge in [-0.1, -0.05) is 17.7 Å². The van der Waals surface area contributed by atoms with E-state index in [-0.39, 0.29) is 11.6 Å². The highest BCUT2D eigenvalue weighted by Gasteiger charge is 2.13. The van der Waals surface area contributed by atoms with Crippen molar-refractivity contribution in [3.8, 4) is 5.75 Å². The summed E-state index contributed by atoms with van der Waals surface area (Å²) in [6, 6.07) is 6.58. The Balaban J connectivity index is 2.25. The Bertz CT molecular complexity index is 734. The number of methoxy groups -OCH3 is 1. The van der Waals surface area contributed by atoms with Crippen LogP contribution in [0.15, 0.2) is 36.9 Å². The number of halogens is 1. The normalized spacial score (nSPS) is 10.0. The molecule has 6 nitrogen and oxygen atoms in total. The maximum atomic E-state index is 12.4. The Morgan fingerprint density at radius 3 is 2.87 bits per heavy atom. The van der Waals surface area contributed by atoms with Crippen LogP contribution in [-0.4, -0.2) is 29.5 Å². The second-order valence-electron chi connectivity index (χ2n) is 4.69. The molecule has 1 heterocycles. The van der Waals surface area contributed by atoms with Crippen molar-refractivity contribution in [2.24, 2.45) is 0 Å². The Labute approximate surface area is 139 Å². The number of rotatable bonds is 6. The number of anilines is 2. The molecular weight excluding hydrogens is 316 g/mol. The fourth-order valence-corrected chi connectivity index (χ4v) is 2.06. The van der Waals surface area contributed by atoms with Crippen molar-refractivity contribution >= 4 is 29.1 Å². The molecule has 0 saturated carbocycles. The lowest BCUT2D eigenvalue weighted by atomic mass is 10.2. The van der Waals surface area contributed by atoms with Crippen LogP contribution in [0.1, 0.15) is 16.2 Å². The maximum absolute atomic E-state index is 12.4. The van der Waals surface area contributed by atoms with Crippen LogP contribution in [-0.2, 0) is 0 Å². The summed E-state index contributed by atoms with van der Waals surface area (Å²) in [6.45, 7) is 5.91. The van der Waals surface area contributed by atoms with Gasteiger partial charge >= 0.3 is 0 Å². The van der Waals surface area contributed by atoms with Crippen LogP contribution in [0.25, 0.3) is 0 Å². The largest absolute Gasteiger partial charge is 0.495 e. The molecule has 1 aromatic carbocycles. The number of amides is 1. The molecule has 0 aliphatic rings. The maximum Gasteiger partial charge on any atom is 0.274 e. The lowest BCUT2D eigenvalue weighted by Gasteiger charge is -2.11. The van der Waals surface area contributed by atoms with Gasteiger partial charge in [0.25, 0.3) is 5.91 Å². The highest BCUT2D eigenvalue weighted by molar-refractivity contribution is 6.31. The third-order valence-electron chi connectivity index (χ3n) is 2.90. The van der Waals surface area contributed by atoms with E-state index in [0.717, 1.165) is 0 Å². The average Bonchev–Trinajstić information content (AvgIpc) is 2.52. The number of carbonyl (C=O) groups is 1. The predicted octanol–water partition coefficient (Wildman–Crippen LogP) is 3.30. The molecule has 2 N–H and O–H groups in total. The van der Waals surface area contributed by atoms with Crippen molar-refractivity contribution in [3.05, 3.63) is 53.3 Å². The summed E-state index contributed by atoms with van der Waals surface area (Å²) < 4.78 is 5.21. The Kier molecular flexibility index (Phi) is 5.54. The molecule has 1 aromatic heterocycles. The molecular formula is C16H17ClN4O2. The number of nitrogens with one attached hydrogen (secondary N) is 2.